The van der Waals surface area contributed by atoms with Crippen molar-refractivity contribution in [3.8, 4) is 17.6 Å². The van der Waals surface area contributed by atoms with Crippen LogP contribution in [0.2, 0.25) is 10.0 Å². The Morgan fingerprint density at radius 2 is 1.68 bits per heavy atom. The predicted molar refractivity (Wildman–Crippen MR) is 89.5 cm³/mol. The molecular formula is C17H13Cl2NO2. The summed E-state index contributed by atoms with van der Waals surface area (Å²) < 4.78 is 10.4. The normalized spacial score (nSPS) is 11.0. The zero-order chi connectivity index (χ0) is 16.1. The Morgan fingerprint density at radius 1 is 1.05 bits per heavy atom. The average Bonchev–Trinajstić information content (AvgIpc) is 2.54. The van der Waals surface area contributed by atoms with Crippen LogP contribution in [0, 0.1) is 11.3 Å². The minimum Gasteiger partial charge on any atom is -0.493 e. The van der Waals surface area contributed by atoms with Crippen molar-refractivity contribution in [3.05, 3.63) is 57.6 Å². The summed E-state index contributed by atoms with van der Waals surface area (Å²) in [6, 6.07) is 12.6. The van der Waals surface area contributed by atoms with Crippen LogP contribution in [0.3, 0.4) is 0 Å². The Hall–Kier alpha value is -2.15. The van der Waals surface area contributed by atoms with Crippen molar-refractivity contribution in [3.63, 3.8) is 0 Å². The molecule has 0 radical (unpaired) electrons. The van der Waals surface area contributed by atoms with E-state index in [1.807, 2.05) is 0 Å². The molecule has 0 saturated carbocycles. The highest BCUT2D eigenvalue weighted by Crippen LogP contribution is 2.33. The van der Waals surface area contributed by atoms with Gasteiger partial charge in [0.25, 0.3) is 0 Å². The summed E-state index contributed by atoms with van der Waals surface area (Å²) in [7, 11) is 3.10. The number of ether oxygens (including phenoxy) is 2. The van der Waals surface area contributed by atoms with Crippen molar-refractivity contribution in [1.29, 1.82) is 5.26 Å². The lowest BCUT2D eigenvalue weighted by molar-refractivity contribution is 0.355. The maximum atomic E-state index is 9.44. The molecule has 112 valence electrons. The molecule has 22 heavy (non-hydrogen) atoms. The maximum absolute atomic E-state index is 9.44. The number of hydrogen-bond donors (Lipinski definition) is 0. The zero-order valence-corrected chi connectivity index (χ0v) is 13.6. The van der Waals surface area contributed by atoms with Crippen LogP contribution in [0.15, 0.2) is 36.4 Å². The molecule has 2 aromatic rings. The van der Waals surface area contributed by atoms with E-state index < -0.39 is 0 Å². The van der Waals surface area contributed by atoms with Gasteiger partial charge < -0.3 is 9.47 Å². The lowest BCUT2D eigenvalue weighted by Gasteiger charge is -2.09. The van der Waals surface area contributed by atoms with E-state index >= 15 is 0 Å². The number of benzene rings is 2. The molecule has 0 aromatic heterocycles. The van der Waals surface area contributed by atoms with E-state index in [-0.39, 0.29) is 0 Å². The summed E-state index contributed by atoms with van der Waals surface area (Å²) in [4.78, 5) is 0. The van der Waals surface area contributed by atoms with Gasteiger partial charge in [-0.2, -0.15) is 5.26 Å². The smallest absolute Gasteiger partial charge is 0.161 e. The second-order valence-electron chi connectivity index (χ2n) is 4.37. The Labute approximate surface area is 139 Å². The van der Waals surface area contributed by atoms with E-state index in [2.05, 4.69) is 6.07 Å². The molecule has 0 amide bonds. The molecule has 0 aliphatic rings. The van der Waals surface area contributed by atoms with Crippen LogP contribution in [-0.2, 0) is 0 Å². The van der Waals surface area contributed by atoms with Crippen molar-refractivity contribution >= 4 is 34.9 Å². The molecule has 5 heteroatoms. The van der Waals surface area contributed by atoms with E-state index in [4.69, 9.17) is 32.7 Å². The fourth-order valence-electron chi connectivity index (χ4n) is 1.98. The second-order valence-corrected chi connectivity index (χ2v) is 5.19. The van der Waals surface area contributed by atoms with E-state index in [0.29, 0.717) is 38.2 Å². The summed E-state index contributed by atoms with van der Waals surface area (Å²) in [6.07, 6.45) is 1.66. The predicted octanol–water partition coefficient (Wildman–Crippen LogP) is 5.07. The third-order valence-electron chi connectivity index (χ3n) is 3.10. The molecule has 2 rings (SSSR count). The van der Waals surface area contributed by atoms with Gasteiger partial charge in [0.2, 0.25) is 0 Å². The highest BCUT2D eigenvalue weighted by Gasteiger charge is 2.10. The fraction of sp³-hybridized carbons (Fsp3) is 0.118. The lowest BCUT2D eigenvalue weighted by atomic mass is 10.0. The Balaban J connectivity index is 2.53. The summed E-state index contributed by atoms with van der Waals surface area (Å²) in [5.74, 6) is 1.14. The summed E-state index contributed by atoms with van der Waals surface area (Å²) >= 11 is 12.3. The van der Waals surface area contributed by atoms with Gasteiger partial charge in [-0.05, 0) is 42.0 Å². The van der Waals surface area contributed by atoms with Gasteiger partial charge in [0, 0.05) is 15.6 Å². The second kappa shape index (κ2) is 7.22. The van der Waals surface area contributed by atoms with E-state index in [1.165, 1.54) is 0 Å². The van der Waals surface area contributed by atoms with E-state index in [1.54, 1.807) is 56.7 Å². The number of halogens is 2. The molecule has 0 fully saturated rings. The van der Waals surface area contributed by atoms with Crippen molar-refractivity contribution in [2.45, 2.75) is 0 Å². The van der Waals surface area contributed by atoms with Crippen molar-refractivity contribution in [2.24, 2.45) is 0 Å². The van der Waals surface area contributed by atoms with E-state index in [0.717, 1.165) is 0 Å². The molecule has 0 unspecified atom stereocenters. The first-order valence-electron chi connectivity index (χ1n) is 6.39. The number of nitriles is 1. The van der Waals surface area contributed by atoms with Gasteiger partial charge in [-0.1, -0.05) is 29.3 Å². The minimum atomic E-state index is 0.427. The third-order valence-corrected chi connectivity index (χ3v) is 3.76. The Bertz CT molecular complexity index is 743. The molecule has 3 nitrogen and oxygen atoms in total. The first-order chi connectivity index (χ1) is 10.6. The molecule has 0 heterocycles. The lowest BCUT2D eigenvalue weighted by Crippen LogP contribution is -1.92. The van der Waals surface area contributed by atoms with Crippen LogP contribution in [0.4, 0.5) is 0 Å². The summed E-state index contributed by atoms with van der Waals surface area (Å²) in [5.41, 5.74) is 1.73. The number of hydrogen-bond acceptors (Lipinski definition) is 3. The maximum Gasteiger partial charge on any atom is 0.161 e. The number of methoxy groups -OCH3 is 2. The largest absolute Gasteiger partial charge is 0.493 e. The Kier molecular flexibility index (Phi) is 5.32. The molecule has 0 N–H and O–H groups in total. The topological polar surface area (TPSA) is 42.2 Å². The quantitative estimate of drug-likeness (QED) is 0.579. The van der Waals surface area contributed by atoms with Crippen molar-refractivity contribution in [2.75, 3.05) is 14.2 Å². The van der Waals surface area contributed by atoms with Crippen molar-refractivity contribution in [1.82, 2.24) is 0 Å². The highest BCUT2D eigenvalue weighted by molar-refractivity contribution is 6.37. The Morgan fingerprint density at radius 3 is 2.23 bits per heavy atom. The molecular weight excluding hydrogens is 321 g/mol. The zero-order valence-electron chi connectivity index (χ0n) is 12.1. The molecule has 0 spiro atoms. The molecule has 2 aromatic carbocycles. The van der Waals surface area contributed by atoms with Gasteiger partial charge in [-0.3, -0.25) is 0 Å². The molecule has 0 aliphatic heterocycles. The monoisotopic (exact) mass is 333 g/mol. The minimum absolute atomic E-state index is 0.427. The van der Waals surface area contributed by atoms with Gasteiger partial charge in [0.05, 0.1) is 25.9 Å². The van der Waals surface area contributed by atoms with Gasteiger partial charge in [0.15, 0.2) is 11.5 Å². The van der Waals surface area contributed by atoms with Gasteiger partial charge in [0.1, 0.15) is 0 Å². The van der Waals surface area contributed by atoms with Crippen LogP contribution in [0.1, 0.15) is 11.1 Å². The fourth-order valence-corrected chi connectivity index (χ4v) is 2.48. The summed E-state index contributed by atoms with van der Waals surface area (Å²) in [5, 5.41) is 10.4. The van der Waals surface area contributed by atoms with Crippen LogP contribution in [-0.4, -0.2) is 14.2 Å². The van der Waals surface area contributed by atoms with Crippen LogP contribution in [0.25, 0.3) is 11.6 Å². The molecule has 0 saturated heterocycles. The van der Waals surface area contributed by atoms with Crippen molar-refractivity contribution < 1.29 is 9.47 Å². The third kappa shape index (κ3) is 3.36. The number of rotatable bonds is 4. The molecule has 0 atom stereocenters. The number of nitrogens with zero attached hydrogens (tertiary/aromatic N) is 1. The van der Waals surface area contributed by atoms with Gasteiger partial charge >= 0.3 is 0 Å². The van der Waals surface area contributed by atoms with Crippen LogP contribution in [0.5, 0.6) is 11.5 Å². The first kappa shape index (κ1) is 16.2. The standard InChI is InChI=1S/C17H13Cl2NO2/c1-21-16-7-6-11(9-17(16)22-2)12(10-20)8-13-14(18)4-3-5-15(13)19/h3-9H,1-2H3/b12-8+. The molecule has 0 aliphatic carbocycles. The first-order valence-corrected chi connectivity index (χ1v) is 7.14. The average molecular weight is 334 g/mol. The van der Waals surface area contributed by atoms with Gasteiger partial charge in [-0.25, -0.2) is 0 Å². The van der Waals surface area contributed by atoms with Crippen LogP contribution < -0.4 is 9.47 Å². The van der Waals surface area contributed by atoms with E-state index in [9.17, 15) is 5.26 Å². The summed E-state index contributed by atoms with van der Waals surface area (Å²) in [6.45, 7) is 0. The van der Waals surface area contributed by atoms with Gasteiger partial charge in [-0.15, -0.1) is 0 Å². The highest BCUT2D eigenvalue weighted by atomic mass is 35.5. The van der Waals surface area contributed by atoms with Crippen LogP contribution >= 0.6 is 23.2 Å². The molecule has 0 bridgehead atoms. The SMILES string of the molecule is COc1ccc(/C(C#N)=C/c2c(Cl)cccc2Cl)cc1OC. The number of allylic oxidation sites excluding steroid dienone is 1.